The van der Waals surface area contributed by atoms with Crippen LogP contribution in [0, 0.1) is 0 Å². The highest BCUT2D eigenvalue weighted by Crippen LogP contribution is 2.38. The van der Waals surface area contributed by atoms with Gasteiger partial charge < -0.3 is 19.1 Å². The highest BCUT2D eigenvalue weighted by molar-refractivity contribution is 5.69. The van der Waals surface area contributed by atoms with E-state index in [4.69, 9.17) is 9.47 Å². The zero-order chi connectivity index (χ0) is 35.1. The van der Waals surface area contributed by atoms with E-state index < -0.39 is 59.8 Å². The normalized spacial score (nSPS) is 12.0. The molecule has 0 saturated heterocycles. The molecule has 18 heteroatoms. The summed E-state index contributed by atoms with van der Waals surface area (Å²) < 4.78 is 138. The summed E-state index contributed by atoms with van der Waals surface area (Å²) in [4.78, 5) is 28.3. The molecule has 0 spiro atoms. The molecular weight excluding hydrogens is 665 g/mol. The van der Waals surface area contributed by atoms with Crippen molar-refractivity contribution in [1.82, 2.24) is 19.9 Å². The molecular formula is C30H24F9N5O4. The van der Waals surface area contributed by atoms with Crippen molar-refractivity contribution in [3.8, 4) is 17.5 Å². The van der Waals surface area contributed by atoms with Crippen LogP contribution >= 0.6 is 0 Å². The molecule has 0 unspecified atom stereocenters. The summed E-state index contributed by atoms with van der Waals surface area (Å²) in [5.74, 6) is -0.862. The van der Waals surface area contributed by atoms with Gasteiger partial charge in [0.05, 0.1) is 42.8 Å². The van der Waals surface area contributed by atoms with Crippen molar-refractivity contribution in [2.24, 2.45) is 0 Å². The molecule has 2 heterocycles. The second kappa shape index (κ2) is 14.7. The summed E-state index contributed by atoms with van der Waals surface area (Å²) in [6.45, 7) is -1.27. The smallest absolute Gasteiger partial charge is 0.416 e. The molecule has 256 valence electrons. The Hall–Kier alpha value is -5.16. The van der Waals surface area contributed by atoms with Gasteiger partial charge in [-0.3, -0.25) is 4.79 Å². The van der Waals surface area contributed by atoms with Gasteiger partial charge in [0.25, 0.3) is 0 Å². The van der Waals surface area contributed by atoms with Crippen molar-refractivity contribution in [2.45, 2.75) is 44.5 Å². The number of halogens is 9. The third-order valence-corrected chi connectivity index (χ3v) is 6.43. The van der Waals surface area contributed by atoms with E-state index in [1.807, 2.05) is 0 Å². The molecule has 48 heavy (non-hydrogen) atoms. The first kappa shape index (κ1) is 35.7. The predicted octanol–water partition coefficient (Wildman–Crippen LogP) is 7.65. The number of rotatable bonds is 12. The Kier molecular flexibility index (Phi) is 10.9. The van der Waals surface area contributed by atoms with E-state index in [0.717, 1.165) is 29.4 Å². The molecule has 0 atom stereocenters. The number of nitrogens with zero attached hydrogens (tertiary/aromatic N) is 5. The molecule has 0 aliphatic carbocycles. The Balaban J connectivity index is 1.75. The largest absolute Gasteiger partial charge is 0.490 e. The topological polar surface area (TPSA) is 99.6 Å². The minimum Gasteiger partial charge on any atom is -0.490 e. The Bertz CT molecular complexity index is 1650. The monoisotopic (exact) mass is 689 g/mol. The molecule has 0 N–H and O–H groups in total. The summed E-state index contributed by atoms with van der Waals surface area (Å²) >= 11 is 0. The van der Waals surface area contributed by atoms with Gasteiger partial charge in [0.1, 0.15) is 5.75 Å². The number of anilines is 1. The van der Waals surface area contributed by atoms with E-state index in [1.54, 1.807) is 0 Å². The van der Waals surface area contributed by atoms with Crippen LogP contribution in [0.5, 0.6) is 17.5 Å². The number of esters is 1. The molecule has 4 aromatic rings. The number of benzene rings is 2. The molecule has 0 aliphatic heterocycles. The lowest BCUT2D eigenvalue weighted by Crippen LogP contribution is -2.25. The fourth-order valence-electron chi connectivity index (χ4n) is 4.21. The summed E-state index contributed by atoms with van der Waals surface area (Å²) in [7, 11) is 1.22. The van der Waals surface area contributed by atoms with Crippen LogP contribution in [0.25, 0.3) is 0 Å². The first-order valence-electron chi connectivity index (χ1n) is 13.7. The molecule has 2 aromatic carbocycles. The predicted molar refractivity (Wildman–Crippen MR) is 149 cm³/mol. The van der Waals surface area contributed by atoms with Crippen LogP contribution in [0.2, 0.25) is 0 Å². The molecule has 0 saturated carbocycles. The molecule has 0 amide bonds. The Labute approximate surface area is 266 Å². The van der Waals surface area contributed by atoms with Crippen molar-refractivity contribution in [2.75, 3.05) is 18.6 Å². The Morgan fingerprint density at radius 2 is 1.38 bits per heavy atom. The average molecular weight is 690 g/mol. The van der Waals surface area contributed by atoms with Gasteiger partial charge in [0.15, 0.2) is 5.75 Å². The lowest BCUT2D eigenvalue weighted by Gasteiger charge is -2.25. The standard InChI is InChI=1S/C30H24F9N5O4/c1-46-25(45)4-2-9-47-23-14-42-26(43-15-23)44(16-18-10-21(29(34,35)36)13-22(11-18)30(37,38)39)17-19-12-20(28(31,32)33)5-6-24(19)48-27-40-7-3-8-41-27/h3,5-8,10-15H,2,4,9,16-17H2,1H3. The summed E-state index contributed by atoms with van der Waals surface area (Å²) in [6.07, 6.45) is -9.92. The van der Waals surface area contributed by atoms with E-state index in [2.05, 4.69) is 24.7 Å². The van der Waals surface area contributed by atoms with Crippen LogP contribution in [0.4, 0.5) is 45.5 Å². The van der Waals surface area contributed by atoms with Crippen LogP contribution in [-0.4, -0.2) is 39.6 Å². The SMILES string of the molecule is COC(=O)CCCOc1cnc(N(Cc2cc(C(F)(F)F)cc(C(F)(F)F)c2)Cc2cc(C(F)(F)F)ccc2Oc2ncccn2)nc1. The fraction of sp³-hybridized carbons (Fsp3) is 0.300. The Morgan fingerprint density at radius 3 is 1.94 bits per heavy atom. The van der Waals surface area contributed by atoms with Crippen molar-refractivity contribution < 1.29 is 58.5 Å². The zero-order valence-electron chi connectivity index (χ0n) is 24.7. The fourth-order valence-corrected chi connectivity index (χ4v) is 4.21. The number of carbonyl (C=O) groups excluding carboxylic acids is 1. The number of aromatic nitrogens is 4. The average Bonchev–Trinajstić information content (AvgIpc) is 3.02. The molecule has 4 rings (SSSR count). The maximum absolute atomic E-state index is 13.7. The summed E-state index contributed by atoms with van der Waals surface area (Å²) in [5.41, 5.74) is -4.99. The number of alkyl halides is 9. The zero-order valence-corrected chi connectivity index (χ0v) is 24.7. The summed E-state index contributed by atoms with van der Waals surface area (Å²) in [5, 5.41) is 0. The molecule has 0 bridgehead atoms. The van der Waals surface area contributed by atoms with Crippen molar-refractivity contribution >= 4 is 11.9 Å². The van der Waals surface area contributed by atoms with E-state index in [9.17, 15) is 44.3 Å². The van der Waals surface area contributed by atoms with Gasteiger partial charge in [-0.2, -0.15) is 39.5 Å². The van der Waals surface area contributed by atoms with Crippen LogP contribution in [0.1, 0.15) is 40.7 Å². The van der Waals surface area contributed by atoms with Gasteiger partial charge in [-0.15, -0.1) is 0 Å². The van der Waals surface area contributed by atoms with Crippen LogP contribution < -0.4 is 14.4 Å². The van der Waals surface area contributed by atoms with Gasteiger partial charge >= 0.3 is 30.5 Å². The van der Waals surface area contributed by atoms with Gasteiger partial charge in [-0.05, 0) is 54.4 Å². The first-order chi connectivity index (χ1) is 22.5. The van der Waals surface area contributed by atoms with E-state index in [-0.39, 0.29) is 54.5 Å². The van der Waals surface area contributed by atoms with Crippen LogP contribution in [0.3, 0.4) is 0 Å². The van der Waals surface area contributed by atoms with E-state index in [0.29, 0.717) is 18.2 Å². The number of ether oxygens (including phenoxy) is 3. The maximum atomic E-state index is 13.7. The van der Waals surface area contributed by atoms with Gasteiger partial charge in [0, 0.05) is 37.5 Å². The highest BCUT2D eigenvalue weighted by atomic mass is 19.4. The first-order valence-corrected chi connectivity index (χ1v) is 13.7. The molecule has 0 fully saturated rings. The van der Waals surface area contributed by atoms with Crippen molar-refractivity contribution in [1.29, 1.82) is 0 Å². The number of methoxy groups -OCH3 is 1. The lowest BCUT2D eigenvalue weighted by atomic mass is 10.0. The molecule has 2 aromatic heterocycles. The maximum Gasteiger partial charge on any atom is 0.416 e. The number of hydrogen-bond donors (Lipinski definition) is 0. The molecule has 9 nitrogen and oxygen atoms in total. The van der Waals surface area contributed by atoms with Gasteiger partial charge in [-0.25, -0.2) is 19.9 Å². The van der Waals surface area contributed by atoms with Crippen molar-refractivity contribution in [3.05, 3.63) is 95.1 Å². The van der Waals surface area contributed by atoms with Gasteiger partial charge in [0.2, 0.25) is 5.95 Å². The van der Waals surface area contributed by atoms with Gasteiger partial charge in [-0.1, -0.05) is 0 Å². The minimum absolute atomic E-state index is 0.0401. The third kappa shape index (κ3) is 9.92. The molecule has 0 aliphatic rings. The quantitative estimate of drug-likeness (QED) is 0.0844. The van der Waals surface area contributed by atoms with Crippen molar-refractivity contribution in [3.63, 3.8) is 0 Å². The second-order valence-electron chi connectivity index (χ2n) is 9.97. The minimum atomic E-state index is -5.15. The third-order valence-electron chi connectivity index (χ3n) is 6.43. The number of carbonyl (C=O) groups is 1. The van der Waals surface area contributed by atoms with E-state index in [1.165, 1.54) is 25.6 Å². The second-order valence-corrected chi connectivity index (χ2v) is 9.97. The van der Waals surface area contributed by atoms with Crippen LogP contribution in [-0.2, 0) is 41.1 Å². The van der Waals surface area contributed by atoms with Crippen LogP contribution in [0.15, 0.2) is 67.3 Å². The molecule has 0 radical (unpaired) electrons. The number of hydrogen-bond acceptors (Lipinski definition) is 9. The summed E-state index contributed by atoms with van der Waals surface area (Å²) in [6, 6.07) is 4.54. The highest BCUT2D eigenvalue weighted by Gasteiger charge is 2.37. The van der Waals surface area contributed by atoms with E-state index >= 15 is 0 Å². The Morgan fingerprint density at radius 1 is 0.771 bits per heavy atom. The lowest BCUT2D eigenvalue weighted by molar-refractivity contribution is -0.143.